The molecule has 1 heterocycles. The molecule has 1 unspecified atom stereocenters. The monoisotopic (exact) mass is 289 g/mol. The van der Waals surface area contributed by atoms with Crippen molar-refractivity contribution in [3.63, 3.8) is 0 Å². The third-order valence-electron chi connectivity index (χ3n) is 4.72. The van der Waals surface area contributed by atoms with Crippen LogP contribution in [0.4, 0.5) is 0 Å². The molecule has 0 radical (unpaired) electrons. The topological polar surface area (TPSA) is 39.2 Å². The molecule has 0 saturated heterocycles. The van der Waals surface area contributed by atoms with Crippen LogP contribution in [0.5, 0.6) is 0 Å². The van der Waals surface area contributed by atoms with Gasteiger partial charge in [-0.2, -0.15) is 0 Å². The Balaban J connectivity index is 1.94. The molecule has 1 aromatic rings. The van der Waals surface area contributed by atoms with Crippen LogP contribution in [0.15, 0.2) is 18.3 Å². The molecule has 0 spiro atoms. The van der Waals surface area contributed by atoms with Crippen molar-refractivity contribution < 1.29 is 9.53 Å². The van der Waals surface area contributed by atoms with Crippen LogP contribution in [0.1, 0.15) is 63.1 Å². The van der Waals surface area contributed by atoms with Gasteiger partial charge in [-0.15, -0.1) is 0 Å². The highest BCUT2D eigenvalue weighted by atomic mass is 16.5. The maximum absolute atomic E-state index is 12.0. The number of pyridine rings is 1. The molecule has 0 N–H and O–H groups in total. The third kappa shape index (κ3) is 4.05. The molecule has 1 fully saturated rings. The van der Waals surface area contributed by atoms with Crippen LogP contribution < -0.4 is 0 Å². The van der Waals surface area contributed by atoms with Gasteiger partial charge in [0.1, 0.15) is 0 Å². The van der Waals surface area contributed by atoms with Crippen LogP contribution in [0.3, 0.4) is 0 Å². The number of aromatic nitrogens is 1. The second-order valence-corrected chi connectivity index (χ2v) is 6.14. The molecule has 1 aliphatic rings. The predicted molar refractivity (Wildman–Crippen MR) is 84.1 cm³/mol. The first-order valence-electron chi connectivity index (χ1n) is 8.24. The normalized spacial score (nSPS) is 23.6. The van der Waals surface area contributed by atoms with Crippen molar-refractivity contribution in [2.75, 3.05) is 6.61 Å². The average Bonchev–Trinajstić information content (AvgIpc) is 2.49. The Bertz CT molecular complexity index is 464. The zero-order valence-electron chi connectivity index (χ0n) is 13.5. The van der Waals surface area contributed by atoms with Gasteiger partial charge < -0.3 is 4.74 Å². The van der Waals surface area contributed by atoms with Gasteiger partial charge >= 0.3 is 5.97 Å². The van der Waals surface area contributed by atoms with Crippen molar-refractivity contribution in [2.24, 2.45) is 11.8 Å². The summed E-state index contributed by atoms with van der Waals surface area (Å²) >= 11 is 0. The highest BCUT2D eigenvalue weighted by molar-refractivity contribution is 5.72. The fraction of sp³-hybridized carbons (Fsp3) is 0.667. The number of aryl methyl sites for hydroxylation is 1. The van der Waals surface area contributed by atoms with Crippen LogP contribution in [-0.4, -0.2) is 17.6 Å². The highest BCUT2D eigenvalue weighted by Gasteiger charge is 2.32. The molecule has 1 aliphatic carbocycles. The minimum absolute atomic E-state index is 0.00266. The predicted octanol–water partition coefficient (Wildman–Crippen LogP) is 4.25. The minimum atomic E-state index is -0.00266. The standard InChI is InChI=1S/C18H27NO2/c1-4-16(18(20)21-5-2)14-6-8-15(9-7-14)17-12-13(3)10-11-19-17/h10-12,14-16H,4-9H2,1-3H3. The van der Waals surface area contributed by atoms with E-state index in [-0.39, 0.29) is 11.9 Å². The molecule has 2 rings (SSSR count). The van der Waals surface area contributed by atoms with E-state index in [1.54, 1.807) is 0 Å². The summed E-state index contributed by atoms with van der Waals surface area (Å²) in [5.41, 5.74) is 2.50. The molecule has 116 valence electrons. The van der Waals surface area contributed by atoms with Gasteiger partial charge in [0.25, 0.3) is 0 Å². The molecule has 0 amide bonds. The van der Waals surface area contributed by atoms with Crippen molar-refractivity contribution in [1.29, 1.82) is 0 Å². The number of nitrogens with zero attached hydrogens (tertiary/aromatic N) is 1. The fourth-order valence-corrected chi connectivity index (χ4v) is 3.54. The van der Waals surface area contributed by atoms with E-state index in [2.05, 4.69) is 24.9 Å². The van der Waals surface area contributed by atoms with Crippen LogP contribution in [0.2, 0.25) is 0 Å². The van der Waals surface area contributed by atoms with Gasteiger partial charge in [0.2, 0.25) is 0 Å². The molecule has 21 heavy (non-hydrogen) atoms. The maximum Gasteiger partial charge on any atom is 0.309 e. The van der Waals surface area contributed by atoms with E-state index in [1.807, 2.05) is 19.2 Å². The number of ether oxygens (including phenoxy) is 1. The fourth-order valence-electron chi connectivity index (χ4n) is 3.54. The Morgan fingerprint density at radius 1 is 1.33 bits per heavy atom. The summed E-state index contributed by atoms with van der Waals surface area (Å²) in [6.45, 7) is 6.57. The van der Waals surface area contributed by atoms with E-state index in [9.17, 15) is 4.79 Å². The zero-order valence-corrected chi connectivity index (χ0v) is 13.5. The van der Waals surface area contributed by atoms with Gasteiger partial charge in [-0.1, -0.05) is 6.92 Å². The molecular formula is C18H27NO2. The van der Waals surface area contributed by atoms with Crippen LogP contribution in [0, 0.1) is 18.8 Å². The van der Waals surface area contributed by atoms with Crippen molar-refractivity contribution >= 4 is 5.97 Å². The SMILES string of the molecule is CCOC(=O)C(CC)C1CCC(c2cc(C)ccn2)CC1. The zero-order chi connectivity index (χ0) is 15.2. The second-order valence-electron chi connectivity index (χ2n) is 6.14. The van der Waals surface area contributed by atoms with Gasteiger partial charge in [0, 0.05) is 17.8 Å². The molecule has 0 aliphatic heterocycles. The number of rotatable bonds is 5. The molecule has 0 aromatic carbocycles. The molecule has 0 bridgehead atoms. The van der Waals surface area contributed by atoms with Gasteiger partial charge in [0.15, 0.2) is 0 Å². The maximum atomic E-state index is 12.0. The van der Waals surface area contributed by atoms with E-state index < -0.39 is 0 Å². The summed E-state index contributed by atoms with van der Waals surface area (Å²) in [7, 11) is 0. The van der Waals surface area contributed by atoms with Crippen LogP contribution in [-0.2, 0) is 9.53 Å². The van der Waals surface area contributed by atoms with Crippen molar-refractivity contribution in [3.8, 4) is 0 Å². The lowest BCUT2D eigenvalue weighted by atomic mass is 9.74. The first-order valence-corrected chi connectivity index (χ1v) is 8.24. The molecular weight excluding hydrogens is 262 g/mol. The summed E-state index contributed by atoms with van der Waals surface area (Å²) in [5, 5.41) is 0. The summed E-state index contributed by atoms with van der Waals surface area (Å²) in [6, 6.07) is 4.25. The Kier molecular flexibility index (Phi) is 5.77. The van der Waals surface area contributed by atoms with E-state index >= 15 is 0 Å². The lowest BCUT2D eigenvalue weighted by molar-refractivity contribution is -0.150. The molecule has 3 nitrogen and oxygen atoms in total. The minimum Gasteiger partial charge on any atom is -0.466 e. The molecule has 3 heteroatoms. The lowest BCUT2D eigenvalue weighted by Gasteiger charge is -2.32. The summed E-state index contributed by atoms with van der Waals surface area (Å²) in [5.74, 6) is 1.12. The van der Waals surface area contributed by atoms with E-state index in [4.69, 9.17) is 4.74 Å². The number of carbonyl (C=O) groups is 1. The van der Waals surface area contributed by atoms with Gasteiger partial charge in [-0.05, 0) is 69.6 Å². The van der Waals surface area contributed by atoms with Crippen LogP contribution >= 0.6 is 0 Å². The Morgan fingerprint density at radius 3 is 2.62 bits per heavy atom. The number of hydrogen-bond donors (Lipinski definition) is 0. The van der Waals surface area contributed by atoms with E-state index in [0.717, 1.165) is 32.1 Å². The van der Waals surface area contributed by atoms with E-state index in [0.29, 0.717) is 18.4 Å². The summed E-state index contributed by atoms with van der Waals surface area (Å²) in [4.78, 5) is 16.6. The van der Waals surface area contributed by atoms with Crippen molar-refractivity contribution in [3.05, 3.63) is 29.6 Å². The largest absolute Gasteiger partial charge is 0.466 e. The Morgan fingerprint density at radius 2 is 2.05 bits per heavy atom. The third-order valence-corrected chi connectivity index (χ3v) is 4.72. The summed E-state index contributed by atoms with van der Waals surface area (Å²) in [6.07, 6.45) is 7.28. The first-order chi connectivity index (χ1) is 10.2. The Labute approximate surface area is 128 Å². The first kappa shape index (κ1) is 16.0. The molecule has 1 aromatic heterocycles. The average molecular weight is 289 g/mol. The second kappa shape index (κ2) is 7.58. The molecule has 1 atom stereocenters. The van der Waals surface area contributed by atoms with Gasteiger partial charge in [-0.3, -0.25) is 9.78 Å². The summed E-state index contributed by atoms with van der Waals surface area (Å²) < 4.78 is 5.22. The van der Waals surface area contributed by atoms with Gasteiger partial charge in [-0.25, -0.2) is 0 Å². The number of carbonyl (C=O) groups excluding carboxylic acids is 1. The number of hydrogen-bond acceptors (Lipinski definition) is 3. The smallest absolute Gasteiger partial charge is 0.309 e. The van der Waals surface area contributed by atoms with Crippen LogP contribution in [0.25, 0.3) is 0 Å². The van der Waals surface area contributed by atoms with Crippen molar-refractivity contribution in [1.82, 2.24) is 4.98 Å². The van der Waals surface area contributed by atoms with Crippen molar-refractivity contribution in [2.45, 2.75) is 58.8 Å². The lowest BCUT2D eigenvalue weighted by Crippen LogP contribution is -2.28. The number of esters is 1. The molecule has 1 saturated carbocycles. The Hall–Kier alpha value is -1.38. The van der Waals surface area contributed by atoms with E-state index in [1.165, 1.54) is 11.3 Å². The highest BCUT2D eigenvalue weighted by Crippen LogP contribution is 2.39. The quantitative estimate of drug-likeness (QED) is 0.761. The van der Waals surface area contributed by atoms with Gasteiger partial charge in [0.05, 0.1) is 12.5 Å².